The monoisotopic (exact) mass is 766 g/mol. The molecule has 0 saturated carbocycles. The maximum atomic E-state index is 17.2. The van der Waals surface area contributed by atoms with Crippen LogP contribution < -0.4 is 21.1 Å². The van der Waals surface area contributed by atoms with Crippen LogP contribution in [-0.2, 0) is 4.79 Å². The second-order valence-electron chi connectivity index (χ2n) is 15.7. The van der Waals surface area contributed by atoms with Gasteiger partial charge in [0.1, 0.15) is 41.0 Å². The summed E-state index contributed by atoms with van der Waals surface area (Å²) in [6.45, 7) is 7.44. The van der Waals surface area contributed by atoms with Crippen LogP contribution in [0.2, 0.25) is 5.02 Å². The van der Waals surface area contributed by atoms with Crippen molar-refractivity contribution in [3.63, 3.8) is 0 Å². The number of halogens is 4. The number of likely N-dealkylation sites (tertiary alicyclic amines) is 1. The van der Waals surface area contributed by atoms with Crippen molar-refractivity contribution in [1.29, 1.82) is 5.26 Å². The van der Waals surface area contributed by atoms with Gasteiger partial charge in [0, 0.05) is 60.9 Å². The highest BCUT2D eigenvalue weighted by atomic mass is 35.5. The fraction of sp³-hybridized carbons (Fsp3) is 0.526. The summed E-state index contributed by atoms with van der Waals surface area (Å²) in [4.78, 5) is 28.7. The topological polar surface area (TPSA) is 138 Å². The molecule has 4 aromatic rings. The zero-order valence-corrected chi connectivity index (χ0v) is 31.3. The first-order valence-electron chi connectivity index (χ1n) is 18.3. The van der Waals surface area contributed by atoms with Crippen molar-refractivity contribution < 1.29 is 22.7 Å². The molecule has 0 aliphatic carbocycles. The van der Waals surface area contributed by atoms with E-state index in [0.717, 1.165) is 50.0 Å². The van der Waals surface area contributed by atoms with E-state index in [0.29, 0.717) is 50.3 Å². The molecule has 1 spiro atoms. The van der Waals surface area contributed by atoms with Gasteiger partial charge in [0.15, 0.2) is 5.82 Å². The van der Waals surface area contributed by atoms with Crippen LogP contribution >= 0.6 is 22.9 Å². The van der Waals surface area contributed by atoms with Gasteiger partial charge in [0.05, 0.1) is 26.9 Å². The van der Waals surface area contributed by atoms with Crippen LogP contribution in [0, 0.1) is 34.3 Å². The van der Waals surface area contributed by atoms with Gasteiger partial charge in [-0.05, 0) is 55.8 Å². The van der Waals surface area contributed by atoms with Gasteiger partial charge >= 0.3 is 6.01 Å². The number of carbonyl (C=O) groups excluding carboxylic acids is 1. The first-order valence-corrected chi connectivity index (χ1v) is 19.4. The number of carbonyl (C=O) groups is 1. The van der Waals surface area contributed by atoms with E-state index < -0.39 is 29.4 Å². The summed E-state index contributed by atoms with van der Waals surface area (Å²) in [6.07, 6.45) is 3.78. The Hall–Kier alpha value is -3.90. The highest BCUT2D eigenvalue weighted by molar-refractivity contribution is 7.23. The minimum Gasteiger partial charge on any atom is -0.461 e. The number of fused-ring (bicyclic) bond motifs is 3. The molecule has 0 unspecified atom stereocenters. The zero-order chi connectivity index (χ0) is 37.4. The summed E-state index contributed by atoms with van der Waals surface area (Å²) >= 11 is 7.86. The lowest BCUT2D eigenvalue weighted by Gasteiger charge is -2.52. The van der Waals surface area contributed by atoms with Crippen molar-refractivity contribution in [3.05, 3.63) is 40.4 Å². The van der Waals surface area contributed by atoms with Gasteiger partial charge in [-0.2, -0.15) is 15.2 Å². The van der Waals surface area contributed by atoms with Crippen LogP contribution in [0.1, 0.15) is 57.9 Å². The predicted molar refractivity (Wildman–Crippen MR) is 201 cm³/mol. The van der Waals surface area contributed by atoms with Gasteiger partial charge in [-0.25, -0.2) is 13.2 Å². The molecule has 0 radical (unpaired) electrons. The van der Waals surface area contributed by atoms with Crippen molar-refractivity contribution in [2.24, 2.45) is 17.1 Å². The van der Waals surface area contributed by atoms with Gasteiger partial charge in [0.25, 0.3) is 0 Å². The Labute approximate surface area is 314 Å². The third kappa shape index (κ3) is 6.04. The number of nitrogen functional groups attached to an aromatic ring is 1. The summed E-state index contributed by atoms with van der Waals surface area (Å²) in [5, 5.41) is 10.6. The lowest BCUT2D eigenvalue weighted by molar-refractivity contribution is -0.145. The molecular formula is C38H42ClF3N8O2S. The van der Waals surface area contributed by atoms with Crippen molar-refractivity contribution >= 4 is 60.7 Å². The van der Waals surface area contributed by atoms with Crippen LogP contribution in [0.15, 0.2) is 18.2 Å². The van der Waals surface area contributed by atoms with E-state index in [1.165, 1.54) is 12.1 Å². The van der Waals surface area contributed by atoms with Gasteiger partial charge in [-0.3, -0.25) is 9.69 Å². The number of ether oxygens (including phenoxy) is 1. The first-order chi connectivity index (χ1) is 25.3. The van der Waals surface area contributed by atoms with Gasteiger partial charge in [-0.1, -0.05) is 37.9 Å². The van der Waals surface area contributed by atoms with Crippen molar-refractivity contribution in [2.45, 2.75) is 70.1 Å². The van der Waals surface area contributed by atoms with E-state index >= 15 is 8.78 Å². The van der Waals surface area contributed by atoms with E-state index in [9.17, 15) is 14.4 Å². The predicted octanol–water partition coefficient (Wildman–Crippen LogP) is 6.65. The molecule has 4 saturated heterocycles. The summed E-state index contributed by atoms with van der Waals surface area (Å²) < 4.78 is 53.3. The lowest BCUT2D eigenvalue weighted by Crippen LogP contribution is -2.65. The van der Waals surface area contributed by atoms with Crippen molar-refractivity contribution in [3.8, 4) is 23.2 Å². The van der Waals surface area contributed by atoms with Crippen molar-refractivity contribution in [2.75, 3.05) is 56.5 Å². The number of nitriles is 1. The maximum Gasteiger partial charge on any atom is 0.319 e. The first kappa shape index (κ1) is 36.1. The average molecular weight is 767 g/mol. The van der Waals surface area contributed by atoms with Crippen LogP contribution in [0.3, 0.4) is 0 Å². The van der Waals surface area contributed by atoms with Gasteiger partial charge in [-0.15, -0.1) is 11.3 Å². The minimum absolute atomic E-state index is 0.0190. The Bertz CT molecular complexity index is 2170. The second-order valence-corrected chi connectivity index (χ2v) is 17.2. The fourth-order valence-electron chi connectivity index (χ4n) is 9.09. The second kappa shape index (κ2) is 13.4. The number of amides is 1. The van der Waals surface area contributed by atoms with Crippen LogP contribution in [-0.4, -0.2) is 89.3 Å². The minimum atomic E-state index is -0.955. The highest BCUT2D eigenvalue weighted by Crippen LogP contribution is 2.47. The van der Waals surface area contributed by atoms with Crippen LogP contribution in [0.25, 0.3) is 32.1 Å². The molecule has 4 fully saturated rings. The average Bonchev–Trinajstić information content (AvgIpc) is 3.69. The van der Waals surface area contributed by atoms with E-state index in [-0.39, 0.29) is 72.2 Å². The molecular weight excluding hydrogens is 725 g/mol. The Morgan fingerprint density at radius 3 is 2.72 bits per heavy atom. The SMILES string of the molecule is CC(C)[C@H](N)C(=O)N1CC2(CCCCN(c3nc(OC[C@@]45CCCN4C[C@H](F)C5)nc4c(F)c(-c5ccc(F)c6sc(N)c(C#N)c56)c(Cl)cc34)C2)C1. The molecule has 10 nitrogen and oxygen atoms in total. The van der Waals surface area contributed by atoms with Crippen LogP contribution in [0.5, 0.6) is 6.01 Å². The van der Waals surface area contributed by atoms with E-state index in [4.69, 9.17) is 32.8 Å². The maximum absolute atomic E-state index is 17.2. The van der Waals surface area contributed by atoms with Gasteiger partial charge < -0.3 is 26.0 Å². The summed E-state index contributed by atoms with van der Waals surface area (Å²) in [6, 6.07) is 5.65. The number of rotatable bonds is 7. The molecule has 3 atom stereocenters. The Morgan fingerprint density at radius 1 is 1.17 bits per heavy atom. The molecule has 0 bridgehead atoms. The third-order valence-electron chi connectivity index (χ3n) is 11.9. The largest absolute Gasteiger partial charge is 0.461 e. The van der Waals surface area contributed by atoms with Gasteiger partial charge in [0.2, 0.25) is 5.91 Å². The molecule has 4 aliphatic rings. The molecule has 6 heterocycles. The van der Waals surface area contributed by atoms with Crippen molar-refractivity contribution in [1.82, 2.24) is 19.8 Å². The normalized spacial score (nSPS) is 23.4. The Balaban J connectivity index is 1.23. The Morgan fingerprint density at radius 2 is 1.96 bits per heavy atom. The number of anilines is 2. The number of benzene rings is 2. The number of thiophene rings is 1. The molecule has 1 amide bonds. The molecule has 4 N–H and O–H groups in total. The molecule has 280 valence electrons. The number of aromatic nitrogens is 2. The lowest BCUT2D eigenvalue weighted by atomic mass is 9.75. The highest BCUT2D eigenvalue weighted by Gasteiger charge is 2.50. The number of hydrogen-bond acceptors (Lipinski definition) is 10. The van der Waals surface area contributed by atoms with Crippen LogP contribution in [0.4, 0.5) is 24.0 Å². The summed E-state index contributed by atoms with van der Waals surface area (Å²) in [5.41, 5.74) is 11.8. The van der Waals surface area contributed by atoms with E-state index in [1.54, 1.807) is 6.07 Å². The quantitative estimate of drug-likeness (QED) is 0.212. The Kier molecular flexibility index (Phi) is 9.15. The van der Waals surface area contributed by atoms with E-state index in [1.807, 2.05) is 24.8 Å². The summed E-state index contributed by atoms with van der Waals surface area (Å²) in [7, 11) is 0. The molecule has 4 aliphatic heterocycles. The molecule has 2 aromatic carbocycles. The number of hydrogen-bond donors (Lipinski definition) is 2. The van der Waals surface area contributed by atoms with E-state index in [2.05, 4.69) is 14.8 Å². The number of alkyl halides is 1. The zero-order valence-electron chi connectivity index (χ0n) is 29.7. The molecule has 53 heavy (non-hydrogen) atoms. The molecule has 2 aromatic heterocycles. The molecule has 8 rings (SSSR count). The fourth-order valence-corrected chi connectivity index (χ4v) is 10.3. The number of nitrogens with zero attached hydrogens (tertiary/aromatic N) is 6. The number of nitrogens with two attached hydrogens (primary N) is 2. The third-order valence-corrected chi connectivity index (χ3v) is 13.2. The molecule has 15 heteroatoms. The summed E-state index contributed by atoms with van der Waals surface area (Å²) in [5.74, 6) is -0.957. The smallest absolute Gasteiger partial charge is 0.319 e. The standard InChI is InChI=1S/C38H42ClF3N8O2S/c1-20(2)30(44)35(51)49-17-37(18-49)8-3-4-10-48(16-37)34-23-12-25(39)28(22-6-7-26(41)32-27(22)24(14-43)33(45)53-32)29(42)31(23)46-36(47-34)52-19-38-9-5-11-50(38)15-21(40)13-38/h6-7,12,20-21,30H,3-5,8-11,13,15-19,44-45H2,1-2H3/t21-,30+,38+/m1/s1.